The van der Waals surface area contributed by atoms with Crippen LogP contribution in [-0.4, -0.2) is 34.3 Å². The lowest BCUT2D eigenvalue weighted by Crippen LogP contribution is -2.70. The molecule has 1 heterocycles. The summed E-state index contributed by atoms with van der Waals surface area (Å²) in [5.41, 5.74) is -0.196. The molecule has 0 bridgehead atoms. The van der Waals surface area contributed by atoms with Crippen molar-refractivity contribution in [3.63, 3.8) is 0 Å². The van der Waals surface area contributed by atoms with Crippen molar-refractivity contribution in [3.8, 4) is 0 Å². The molecule has 1 aliphatic rings. The standard InChI is InChI=1S/C15H28N2O2/c1-7-15(8-2,9-3)17-12(10(4)5)13(18)16-11(6)14(17)19/h10-12H,7-9H2,1-6H3,(H,16,18). The van der Waals surface area contributed by atoms with E-state index in [0.29, 0.717) is 0 Å². The first-order chi connectivity index (χ1) is 8.84. The lowest BCUT2D eigenvalue weighted by molar-refractivity contribution is -0.160. The second kappa shape index (κ2) is 5.93. The molecule has 0 spiro atoms. The van der Waals surface area contributed by atoms with E-state index in [1.54, 1.807) is 6.92 Å². The summed E-state index contributed by atoms with van der Waals surface area (Å²) in [6, 6.07) is -0.755. The number of carbonyl (C=O) groups is 2. The molecule has 1 fully saturated rings. The van der Waals surface area contributed by atoms with Crippen molar-refractivity contribution in [2.45, 2.75) is 78.4 Å². The minimum atomic E-state index is -0.411. The monoisotopic (exact) mass is 268 g/mol. The van der Waals surface area contributed by atoms with Gasteiger partial charge in [0, 0.05) is 5.54 Å². The topological polar surface area (TPSA) is 49.4 Å². The summed E-state index contributed by atoms with van der Waals surface area (Å²) >= 11 is 0. The van der Waals surface area contributed by atoms with E-state index < -0.39 is 6.04 Å². The maximum Gasteiger partial charge on any atom is 0.246 e. The smallest absolute Gasteiger partial charge is 0.246 e. The quantitative estimate of drug-likeness (QED) is 0.832. The van der Waals surface area contributed by atoms with E-state index in [2.05, 4.69) is 26.1 Å². The summed E-state index contributed by atoms with van der Waals surface area (Å²) in [7, 11) is 0. The summed E-state index contributed by atoms with van der Waals surface area (Å²) in [5.74, 6) is 0.172. The van der Waals surface area contributed by atoms with Crippen molar-refractivity contribution >= 4 is 11.8 Å². The molecule has 4 nitrogen and oxygen atoms in total. The van der Waals surface area contributed by atoms with Crippen LogP contribution < -0.4 is 5.32 Å². The Balaban J connectivity index is 3.28. The van der Waals surface area contributed by atoms with Crippen molar-refractivity contribution in [2.75, 3.05) is 0 Å². The predicted molar refractivity (Wildman–Crippen MR) is 76.7 cm³/mol. The van der Waals surface area contributed by atoms with Crippen LogP contribution in [0.4, 0.5) is 0 Å². The summed E-state index contributed by atoms with van der Waals surface area (Å²) in [5, 5.41) is 2.80. The predicted octanol–water partition coefficient (Wildman–Crippen LogP) is 2.33. The zero-order chi connectivity index (χ0) is 14.8. The summed E-state index contributed by atoms with van der Waals surface area (Å²) < 4.78 is 0. The first-order valence-electron chi connectivity index (χ1n) is 7.48. The largest absolute Gasteiger partial charge is 0.343 e. The molecular formula is C15H28N2O2. The molecule has 2 unspecified atom stereocenters. The third-order valence-corrected chi connectivity index (χ3v) is 4.63. The first kappa shape index (κ1) is 16.0. The molecule has 1 rings (SSSR count). The molecule has 19 heavy (non-hydrogen) atoms. The molecular weight excluding hydrogens is 240 g/mol. The third kappa shape index (κ3) is 2.63. The van der Waals surface area contributed by atoms with E-state index >= 15 is 0 Å². The van der Waals surface area contributed by atoms with Crippen LogP contribution in [0.3, 0.4) is 0 Å². The van der Waals surface area contributed by atoms with Crippen molar-refractivity contribution in [3.05, 3.63) is 0 Å². The molecule has 0 aromatic heterocycles. The lowest BCUT2D eigenvalue weighted by Gasteiger charge is -2.51. The fourth-order valence-corrected chi connectivity index (χ4v) is 3.21. The number of nitrogens with zero attached hydrogens (tertiary/aromatic N) is 1. The summed E-state index contributed by atoms with van der Waals surface area (Å²) in [6.07, 6.45) is 2.65. The number of amides is 2. The highest BCUT2D eigenvalue weighted by atomic mass is 16.2. The highest BCUT2D eigenvalue weighted by molar-refractivity contribution is 5.97. The summed E-state index contributed by atoms with van der Waals surface area (Å²) in [4.78, 5) is 26.8. The number of hydrogen-bond donors (Lipinski definition) is 1. The zero-order valence-electron chi connectivity index (χ0n) is 13.1. The van der Waals surface area contributed by atoms with Gasteiger partial charge in [-0.1, -0.05) is 34.6 Å². The fraction of sp³-hybridized carbons (Fsp3) is 0.867. The van der Waals surface area contributed by atoms with Crippen LogP contribution in [0.5, 0.6) is 0 Å². The normalized spacial score (nSPS) is 24.9. The Bertz CT molecular complexity index is 340. The maximum atomic E-state index is 12.6. The first-order valence-corrected chi connectivity index (χ1v) is 7.48. The van der Waals surface area contributed by atoms with E-state index in [1.807, 2.05) is 18.7 Å². The zero-order valence-corrected chi connectivity index (χ0v) is 13.1. The average Bonchev–Trinajstić information content (AvgIpc) is 2.37. The number of carbonyl (C=O) groups excluding carboxylic acids is 2. The van der Waals surface area contributed by atoms with E-state index in [1.165, 1.54) is 0 Å². The van der Waals surface area contributed by atoms with Gasteiger partial charge in [0.1, 0.15) is 12.1 Å². The molecule has 0 aromatic carbocycles. The number of piperazine rings is 1. The van der Waals surface area contributed by atoms with Gasteiger partial charge in [-0.25, -0.2) is 0 Å². The molecule has 0 aliphatic carbocycles. The van der Waals surface area contributed by atoms with Gasteiger partial charge in [-0.15, -0.1) is 0 Å². The van der Waals surface area contributed by atoms with Crippen LogP contribution in [0.25, 0.3) is 0 Å². The van der Waals surface area contributed by atoms with Crippen LogP contribution in [-0.2, 0) is 9.59 Å². The van der Waals surface area contributed by atoms with Crippen molar-refractivity contribution in [1.29, 1.82) is 0 Å². The molecule has 0 radical (unpaired) electrons. The minimum Gasteiger partial charge on any atom is -0.343 e. The average molecular weight is 268 g/mol. The Morgan fingerprint density at radius 2 is 1.63 bits per heavy atom. The SMILES string of the molecule is CCC(CC)(CC)N1C(=O)C(C)NC(=O)C1C(C)C. The van der Waals surface area contributed by atoms with Crippen molar-refractivity contribution in [1.82, 2.24) is 10.2 Å². The lowest BCUT2D eigenvalue weighted by atomic mass is 9.82. The van der Waals surface area contributed by atoms with E-state index in [-0.39, 0.29) is 29.3 Å². The van der Waals surface area contributed by atoms with E-state index in [4.69, 9.17) is 0 Å². The number of rotatable bonds is 5. The van der Waals surface area contributed by atoms with Crippen LogP contribution in [0.1, 0.15) is 60.8 Å². The Morgan fingerprint density at radius 1 is 1.16 bits per heavy atom. The molecule has 1 N–H and O–H groups in total. The third-order valence-electron chi connectivity index (χ3n) is 4.63. The molecule has 4 heteroatoms. The van der Waals surface area contributed by atoms with Crippen molar-refractivity contribution in [2.24, 2.45) is 5.92 Å². The molecule has 0 saturated carbocycles. The van der Waals surface area contributed by atoms with Gasteiger partial charge in [0.25, 0.3) is 0 Å². The maximum absolute atomic E-state index is 12.6. The number of hydrogen-bond acceptors (Lipinski definition) is 2. The molecule has 110 valence electrons. The fourth-order valence-electron chi connectivity index (χ4n) is 3.21. The Hall–Kier alpha value is -1.06. The highest BCUT2D eigenvalue weighted by Crippen LogP contribution is 2.34. The van der Waals surface area contributed by atoms with Gasteiger partial charge >= 0.3 is 0 Å². The molecule has 2 amide bonds. The minimum absolute atomic E-state index is 0.0122. The van der Waals surface area contributed by atoms with Crippen LogP contribution in [0.15, 0.2) is 0 Å². The molecule has 1 aliphatic heterocycles. The highest BCUT2D eigenvalue weighted by Gasteiger charge is 2.48. The molecule has 0 aromatic rings. The number of nitrogens with one attached hydrogen (secondary N) is 1. The van der Waals surface area contributed by atoms with Crippen LogP contribution in [0.2, 0.25) is 0 Å². The Kier molecular flexibility index (Phi) is 4.99. The van der Waals surface area contributed by atoms with Crippen LogP contribution >= 0.6 is 0 Å². The summed E-state index contributed by atoms with van der Waals surface area (Å²) in [6.45, 7) is 12.1. The second-order valence-corrected chi connectivity index (χ2v) is 5.91. The van der Waals surface area contributed by atoms with Crippen molar-refractivity contribution < 1.29 is 9.59 Å². The molecule has 2 atom stereocenters. The van der Waals surface area contributed by atoms with Gasteiger partial charge in [-0.05, 0) is 32.1 Å². The van der Waals surface area contributed by atoms with Crippen LogP contribution in [0, 0.1) is 5.92 Å². The molecule has 1 saturated heterocycles. The van der Waals surface area contributed by atoms with Gasteiger partial charge in [0.05, 0.1) is 0 Å². The van der Waals surface area contributed by atoms with E-state index in [0.717, 1.165) is 19.3 Å². The van der Waals surface area contributed by atoms with Gasteiger partial charge in [0.15, 0.2) is 0 Å². The van der Waals surface area contributed by atoms with Gasteiger partial charge in [0.2, 0.25) is 11.8 Å². The van der Waals surface area contributed by atoms with Gasteiger partial charge in [-0.2, -0.15) is 0 Å². The second-order valence-electron chi connectivity index (χ2n) is 5.91. The Labute approximate surface area is 116 Å². The van der Waals surface area contributed by atoms with E-state index in [9.17, 15) is 9.59 Å². The van der Waals surface area contributed by atoms with Gasteiger partial charge < -0.3 is 10.2 Å². The Morgan fingerprint density at radius 3 is 2.00 bits per heavy atom. The van der Waals surface area contributed by atoms with Gasteiger partial charge in [-0.3, -0.25) is 9.59 Å².